The molecule has 3 rings (SSSR count). The topological polar surface area (TPSA) is 12.4 Å². The van der Waals surface area contributed by atoms with Gasteiger partial charge in [0.05, 0.1) is 5.69 Å². The van der Waals surface area contributed by atoms with Gasteiger partial charge in [-0.05, 0) is 61.8 Å². The van der Waals surface area contributed by atoms with Crippen LogP contribution in [-0.4, -0.2) is 5.71 Å². The molecule has 0 amide bonds. The van der Waals surface area contributed by atoms with Crippen molar-refractivity contribution in [1.82, 2.24) is 0 Å². The fourth-order valence-electron chi connectivity index (χ4n) is 4.52. The zero-order valence-electron chi connectivity index (χ0n) is 19.1. The van der Waals surface area contributed by atoms with Gasteiger partial charge in [-0.1, -0.05) is 92.5 Å². The highest BCUT2D eigenvalue weighted by Gasteiger charge is 2.28. The van der Waals surface area contributed by atoms with Crippen LogP contribution in [0.15, 0.2) is 96.6 Å². The van der Waals surface area contributed by atoms with E-state index >= 15 is 0 Å². The van der Waals surface area contributed by atoms with Gasteiger partial charge in [-0.25, -0.2) is 0 Å². The Morgan fingerprint density at radius 3 is 2.84 bits per heavy atom. The minimum Gasteiger partial charge on any atom is -0.253 e. The summed E-state index contributed by atoms with van der Waals surface area (Å²) >= 11 is 0. The highest BCUT2D eigenvalue weighted by atomic mass is 14.8. The molecule has 1 aliphatic carbocycles. The molecule has 2 atom stereocenters. The molecule has 0 radical (unpaired) electrons. The lowest BCUT2D eigenvalue weighted by molar-refractivity contribution is 0.510. The summed E-state index contributed by atoms with van der Waals surface area (Å²) in [6.45, 7) is 16.8. The third-order valence-corrected chi connectivity index (χ3v) is 6.18. The average molecular weight is 410 g/mol. The Bertz CT molecular complexity index is 993. The maximum absolute atomic E-state index is 5.06. The minimum absolute atomic E-state index is 0.341. The van der Waals surface area contributed by atoms with Gasteiger partial charge in [0, 0.05) is 23.6 Å². The molecule has 0 spiro atoms. The van der Waals surface area contributed by atoms with E-state index in [1.165, 1.54) is 30.4 Å². The molecule has 1 aromatic rings. The smallest absolute Gasteiger partial charge is 0.0714 e. The fraction of sp³-hybridized carbons (Fsp3) is 0.300. The molecule has 1 heterocycles. The predicted octanol–water partition coefficient (Wildman–Crippen LogP) is 8.82. The molecule has 0 fully saturated rings. The second kappa shape index (κ2) is 10.9. The summed E-state index contributed by atoms with van der Waals surface area (Å²) in [6, 6.07) is 6.56. The van der Waals surface area contributed by atoms with Crippen molar-refractivity contribution < 1.29 is 0 Å². The molecule has 0 saturated heterocycles. The largest absolute Gasteiger partial charge is 0.253 e. The van der Waals surface area contributed by atoms with Gasteiger partial charge in [-0.15, -0.1) is 0 Å². The second-order valence-electron chi connectivity index (χ2n) is 8.56. The maximum atomic E-state index is 5.06. The van der Waals surface area contributed by atoms with Gasteiger partial charge in [0.2, 0.25) is 0 Å². The van der Waals surface area contributed by atoms with E-state index in [1.807, 2.05) is 12.2 Å². The van der Waals surface area contributed by atoms with Gasteiger partial charge in [0.15, 0.2) is 0 Å². The fourth-order valence-corrected chi connectivity index (χ4v) is 4.52. The number of benzene rings is 1. The lowest BCUT2D eigenvalue weighted by Gasteiger charge is -2.29. The summed E-state index contributed by atoms with van der Waals surface area (Å²) in [6.07, 6.45) is 22.2. The normalized spacial score (nSPS) is 21.8. The van der Waals surface area contributed by atoms with Crippen LogP contribution in [0.25, 0.3) is 11.6 Å². The Labute approximate surface area is 188 Å². The predicted molar refractivity (Wildman–Crippen MR) is 139 cm³/mol. The molecule has 2 aliphatic rings. The van der Waals surface area contributed by atoms with Crippen LogP contribution >= 0.6 is 0 Å². The highest BCUT2D eigenvalue weighted by Crippen LogP contribution is 2.43. The second-order valence-corrected chi connectivity index (χ2v) is 8.56. The molecule has 1 aromatic carbocycles. The van der Waals surface area contributed by atoms with E-state index in [2.05, 4.69) is 82.2 Å². The van der Waals surface area contributed by atoms with E-state index in [1.54, 1.807) is 11.6 Å². The summed E-state index contributed by atoms with van der Waals surface area (Å²) in [5, 5.41) is 0. The summed E-state index contributed by atoms with van der Waals surface area (Å²) in [4.78, 5) is 5.06. The Morgan fingerprint density at radius 1 is 1.26 bits per heavy atom. The quantitative estimate of drug-likeness (QED) is 0.315. The van der Waals surface area contributed by atoms with Crippen LogP contribution in [0.5, 0.6) is 0 Å². The Balaban J connectivity index is 1.91. The van der Waals surface area contributed by atoms with E-state index < -0.39 is 0 Å². The molecule has 0 aromatic heterocycles. The molecule has 1 heteroatoms. The van der Waals surface area contributed by atoms with Crippen molar-refractivity contribution in [3.05, 3.63) is 103 Å². The monoisotopic (exact) mass is 409 g/mol. The number of hydrogen-bond acceptors (Lipinski definition) is 1. The molecule has 0 bridgehead atoms. The van der Waals surface area contributed by atoms with Crippen molar-refractivity contribution in [2.24, 2.45) is 16.8 Å². The van der Waals surface area contributed by atoms with Crippen molar-refractivity contribution in [3.8, 4) is 0 Å². The van der Waals surface area contributed by atoms with Gasteiger partial charge in [-0.3, -0.25) is 4.99 Å². The van der Waals surface area contributed by atoms with Crippen LogP contribution in [0.3, 0.4) is 0 Å². The maximum Gasteiger partial charge on any atom is 0.0714 e. The number of aliphatic imine (C=N–C) groups is 1. The summed E-state index contributed by atoms with van der Waals surface area (Å²) in [7, 11) is 0. The first-order valence-corrected chi connectivity index (χ1v) is 11.4. The van der Waals surface area contributed by atoms with E-state index in [4.69, 9.17) is 4.99 Å². The van der Waals surface area contributed by atoms with E-state index in [0.717, 1.165) is 35.4 Å². The number of fused-ring (bicyclic) bond motifs is 1. The van der Waals surface area contributed by atoms with Gasteiger partial charge in [-0.2, -0.15) is 0 Å². The van der Waals surface area contributed by atoms with Crippen molar-refractivity contribution in [2.45, 2.75) is 46.0 Å². The van der Waals surface area contributed by atoms with Gasteiger partial charge >= 0.3 is 0 Å². The van der Waals surface area contributed by atoms with Gasteiger partial charge in [0.1, 0.15) is 0 Å². The number of allylic oxidation sites excluding steroid dienone is 10. The molecule has 0 saturated carbocycles. The molecule has 1 aliphatic heterocycles. The molecule has 31 heavy (non-hydrogen) atoms. The van der Waals surface area contributed by atoms with E-state index in [9.17, 15) is 0 Å². The number of hydrogen-bond donors (Lipinski definition) is 0. The van der Waals surface area contributed by atoms with E-state index in [-0.39, 0.29) is 0 Å². The van der Waals surface area contributed by atoms with Crippen LogP contribution in [0.4, 0.5) is 5.69 Å². The first kappa shape index (κ1) is 22.7. The number of nitrogens with zero attached hydrogens (tertiary/aromatic N) is 1. The van der Waals surface area contributed by atoms with Crippen molar-refractivity contribution in [3.63, 3.8) is 0 Å². The zero-order chi connectivity index (χ0) is 22.2. The van der Waals surface area contributed by atoms with Crippen LogP contribution in [-0.2, 0) is 0 Å². The highest BCUT2D eigenvalue weighted by molar-refractivity contribution is 6.01. The summed E-state index contributed by atoms with van der Waals surface area (Å²) in [5.41, 5.74) is 8.31. The van der Waals surface area contributed by atoms with Crippen LogP contribution in [0.1, 0.15) is 57.1 Å². The first-order valence-electron chi connectivity index (χ1n) is 11.4. The van der Waals surface area contributed by atoms with Crippen LogP contribution < -0.4 is 0 Å². The van der Waals surface area contributed by atoms with Crippen molar-refractivity contribution in [1.29, 1.82) is 0 Å². The lowest BCUT2D eigenvalue weighted by Crippen LogP contribution is -2.17. The molecule has 160 valence electrons. The Morgan fingerprint density at radius 2 is 2.10 bits per heavy atom. The number of rotatable bonds is 7. The van der Waals surface area contributed by atoms with Gasteiger partial charge < -0.3 is 0 Å². The standard InChI is InChI=1S/C30H35N/c1-6-8-13-22(3)14-11-16-25-18-19-28-24(5)29(27-17-10-9-15-23(27)4)21-26(12-7-2)31-30(28)20-25/h6-8,11-13,16-20,23,29H,1,3,5,9-10,14-15,21H2,2,4H3. The van der Waals surface area contributed by atoms with Crippen molar-refractivity contribution in [2.75, 3.05) is 0 Å². The zero-order valence-corrected chi connectivity index (χ0v) is 19.1. The first-order chi connectivity index (χ1) is 15.0. The van der Waals surface area contributed by atoms with E-state index in [0.29, 0.717) is 11.8 Å². The molecular weight excluding hydrogens is 374 g/mol. The SMILES string of the molecule is C=CC=CC(=C)CC=Cc1ccc2c(c1)N=C(C=CC)CC(C1=CCCCC1C)C2=C. The van der Waals surface area contributed by atoms with Crippen LogP contribution in [0.2, 0.25) is 0 Å². The average Bonchev–Trinajstić information content (AvgIpc) is 2.89. The molecule has 0 N–H and O–H groups in total. The Kier molecular flexibility index (Phi) is 8.00. The van der Waals surface area contributed by atoms with Crippen LogP contribution in [0, 0.1) is 11.8 Å². The van der Waals surface area contributed by atoms with Crippen molar-refractivity contribution >= 4 is 23.0 Å². The molecular formula is C30H35N. The third-order valence-electron chi connectivity index (χ3n) is 6.18. The summed E-state index contributed by atoms with van der Waals surface area (Å²) < 4.78 is 0. The lowest BCUT2D eigenvalue weighted by atomic mass is 9.75. The Hall–Kier alpha value is -2.93. The molecule has 1 nitrogen and oxygen atoms in total. The molecule has 2 unspecified atom stereocenters. The third kappa shape index (κ3) is 5.82. The summed E-state index contributed by atoms with van der Waals surface area (Å²) in [5.74, 6) is 0.960. The van der Waals surface area contributed by atoms with Gasteiger partial charge in [0.25, 0.3) is 0 Å². The minimum atomic E-state index is 0.341.